The number of nitrogens with zero attached hydrogens (tertiary/aromatic N) is 2. The zero-order chi connectivity index (χ0) is 17.5. The van der Waals surface area contributed by atoms with Crippen molar-refractivity contribution in [3.05, 3.63) is 84.5 Å². The standard InChI is InChI=1S/C21H22N2O/c1-4-5-9-16(2)14-19(15-22)21(24)23(3)20(18-12-13-18)17-10-7-6-8-11-17/h4-11,14,18,20H,1-2,12-13H2,3H3/b9-5-,19-14-. The summed E-state index contributed by atoms with van der Waals surface area (Å²) in [5.74, 6) is 0.191. The van der Waals surface area contributed by atoms with Crippen LogP contribution in [-0.2, 0) is 4.79 Å². The van der Waals surface area contributed by atoms with Gasteiger partial charge in [-0.05, 0) is 36.0 Å². The first-order valence-electron chi connectivity index (χ1n) is 8.00. The lowest BCUT2D eigenvalue weighted by Crippen LogP contribution is -2.33. The van der Waals surface area contributed by atoms with Crippen molar-refractivity contribution in [2.24, 2.45) is 5.92 Å². The van der Waals surface area contributed by atoms with Crippen LogP contribution in [0.3, 0.4) is 0 Å². The average molecular weight is 318 g/mol. The molecule has 1 aliphatic carbocycles. The lowest BCUT2D eigenvalue weighted by molar-refractivity contribution is -0.128. The molecule has 1 aromatic carbocycles. The van der Waals surface area contributed by atoms with Crippen molar-refractivity contribution >= 4 is 5.91 Å². The van der Waals surface area contributed by atoms with Gasteiger partial charge in [-0.3, -0.25) is 4.79 Å². The highest BCUT2D eigenvalue weighted by atomic mass is 16.2. The summed E-state index contributed by atoms with van der Waals surface area (Å²) in [4.78, 5) is 14.5. The van der Waals surface area contributed by atoms with E-state index in [1.807, 2.05) is 36.4 Å². The second-order valence-electron chi connectivity index (χ2n) is 5.95. The van der Waals surface area contributed by atoms with Crippen LogP contribution in [0, 0.1) is 17.2 Å². The molecule has 1 fully saturated rings. The monoisotopic (exact) mass is 318 g/mol. The van der Waals surface area contributed by atoms with Crippen molar-refractivity contribution in [3.63, 3.8) is 0 Å². The topological polar surface area (TPSA) is 44.1 Å². The predicted molar refractivity (Wildman–Crippen MR) is 96.9 cm³/mol. The molecule has 0 bridgehead atoms. The number of hydrogen-bond donors (Lipinski definition) is 0. The largest absolute Gasteiger partial charge is 0.334 e. The first-order chi connectivity index (χ1) is 11.6. The van der Waals surface area contributed by atoms with E-state index in [2.05, 4.69) is 13.2 Å². The van der Waals surface area contributed by atoms with Gasteiger partial charge in [0.2, 0.25) is 0 Å². The van der Waals surface area contributed by atoms with Gasteiger partial charge in [-0.25, -0.2) is 0 Å². The second-order valence-corrected chi connectivity index (χ2v) is 5.95. The van der Waals surface area contributed by atoms with Crippen molar-refractivity contribution in [2.45, 2.75) is 18.9 Å². The van der Waals surface area contributed by atoms with Gasteiger partial charge >= 0.3 is 0 Å². The molecule has 3 nitrogen and oxygen atoms in total. The Bertz CT molecular complexity index is 718. The number of likely N-dealkylation sites (N-methyl/N-ethyl adjacent to an activating group) is 1. The first-order valence-corrected chi connectivity index (χ1v) is 8.00. The Balaban J connectivity index is 2.24. The lowest BCUT2D eigenvalue weighted by Gasteiger charge is -2.28. The van der Waals surface area contributed by atoms with Gasteiger partial charge in [0.25, 0.3) is 5.91 Å². The van der Waals surface area contributed by atoms with Crippen LogP contribution in [0.25, 0.3) is 0 Å². The molecule has 1 aromatic rings. The molecule has 1 atom stereocenters. The number of allylic oxidation sites excluding steroid dienone is 5. The first kappa shape index (κ1) is 17.5. The molecule has 0 N–H and O–H groups in total. The zero-order valence-corrected chi connectivity index (χ0v) is 14.0. The second kappa shape index (κ2) is 8.12. The van der Waals surface area contributed by atoms with Gasteiger partial charge in [0.05, 0.1) is 6.04 Å². The summed E-state index contributed by atoms with van der Waals surface area (Å²) in [7, 11) is 1.77. The third kappa shape index (κ3) is 4.33. The molecule has 0 spiro atoms. The molecule has 0 aliphatic heterocycles. The molecule has 0 radical (unpaired) electrons. The van der Waals surface area contributed by atoms with Crippen molar-refractivity contribution in [2.75, 3.05) is 7.05 Å². The summed E-state index contributed by atoms with van der Waals surface area (Å²) in [5, 5.41) is 9.38. The summed E-state index contributed by atoms with van der Waals surface area (Å²) in [6.07, 6.45) is 8.80. The normalized spacial score (nSPS) is 15.6. The molecule has 0 heterocycles. The smallest absolute Gasteiger partial charge is 0.264 e. The highest BCUT2D eigenvalue weighted by Gasteiger charge is 2.37. The van der Waals surface area contributed by atoms with Crippen molar-refractivity contribution in [3.8, 4) is 6.07 Å². The number of benzene rings is 1. The van der Waals surface area contributed by atoms with Gasteiger partial charge in [-0.15, -0.1) is 0 Å². The Labute approximate surface area is 143 Å². The molecule has 122 valence electrons. The van der Waals surface area contributed by atoms with Crippen LogP contribution < -0.4 is 0 Å². The summed E-state index contributed by atoms with van der Waals surface area (Å²) < 4.78 is 0. The van der Waals surface area contributed by atoms with Gasteiger partial charge in [0.1, 0.15) is 11.6 Å². The molecule has 0 saturated heterocycles. The number of carbonyl (C=O) groups is 1. The van der Waals surface area contributed by atoms with Crippen LogP contribution in [0.5, 0.6) is 0 Å². The molecule has 1 amide bonds. The Morgan fingerprint density at radius 3 is 2.58 bits per heavy atom. The predicted octanol–water partition coefficient (Wildman–Crippen LogP) is 4.34. The molecule has 2 rings (SSSR count). The lowest BCUT2D eigenvalue weighted by atomic mass is 10.00. The number of amides is 1. The summed E-state index contributed by atoms with van der Waals surface area (Å²) in [6, 6.07) is 12.0. The van der Waals surface area contributed by atoms with E-state index in [4.69, 9.17) is 0 Å². The van der Waals surface area contributed by atoms with Crippen LogP contribution in [0.2, 0.25) is 0 Å². The summed E-state index contributed by atoms with van der Waals surface area (Å²) in [5.41, 5.74) is 1.80. The minimum Gasteiger partial charge on any atom is -0.334 e. The molecule has 24 heavy (non-hydrogen) atoms. The fourth-order valence-electron chi connectivity index (χ4n) is 2.76. The zero-order valence-electron chi connectivity index (χ0n) is 14.0. The van der Waals surface area contributed by atoms with Gasteiger partial charge in [-0.1, -0.05) is 61.7 Å². The number of carbonyl (C=O) groups excluding carboxylic acids is 1. The quantitative estimate of drug-likeness (QED) is 0.426. The van der Waals surface area contributed by atoms with Crippen LogP contribution in [-0.4, -0.2) is 17.9 Å². The molecule has 1 unspecified atom stereocenters. The minimum absolute atomic E-state index is 0.00688. The van der Waals surface area contributed by atoms with E-state index >= 15 is 0 Å². The summed E-state index contributed by atoms with van der Waals surface area (Å²) >= 11 is 0. The van der Waals surface area contributed by atoms with Gasteiger partial charge in [0, 0.05) is 7.05 Å². The van der Waals surface area contributed by atoms with E-state index < -0.39 is 0 Å². The molecule has 0 aromatic heterocycles. The highest BCUT2D eigenvalue weighted by molar-refractivity contribution is 5.98. The van der Waals surface area contributed by atoms with Crippen LogP contribution in [0.1, 0.15) is 24.4 Å². The third-order valence-electron chi connectivity index (χ3n) is 4.07. The van der Waals surface area contributed by atoms with Crippen molar-refractivity contribution < 1.29 is 4.79 Å². The Morgan fingerprint density at radius 2 is 2.04 bits per heavy atom. The van der Waals surface area contributed by atoms with Crippen molar-refractivity contribution in [1.82, 2.24) is 4.90 Å². The van der Waals surface area contributed by atoms with Crippen LogP contribution in [0.15, 0.2) is 78.9 Å². The van der Waals surface area contributed by atoms with Crippen molar-refractivity contribution in [1.29, 1.82) is 5.26 Å². The van der Waals surface area contributed by atoms with E-state index in [0.717, 1.165) is 18.4 Å². The van der Waals surface area contributed by atoms with E-state index in [9.17, 15) is 10.1 Å². The Morgan fingerprint density at radius 1 is 1.38 bits per heavy atom. The van der Waals surface area contributed by atoms with Gasteiger partial charge in [0.15, 0.2) is 0 Å². The van der Waals surface area contributed by atoms with E-state index in [-0.39, 0.29) is 17.5 Å². The van der Waals surface area contributed by atoms with E-state index in [1.165, 1.54) is 6.08 Å². The SMILES string of the molecule is C=C/C=C\C(=C)/C=C(/C#N)C(=O)N(C)C(c1ccccc1)C1CC1. The third-order valence-corrected chi connectivity index (χ3v) is 4.07. The fraction of sp³-hybridized carbons (Fsp3) is 0.238. The molecular weight excluding hydrogens is 296 g/mol. The van der Waals surface area contributed by atoms with Crippen LogP contribution >= 0.6 is 0 Å². The highest BCUT2D eigenvalue weighted by Crippen LogP contribution is 2.44. The Hall–Kier alpha value is -2.86. The molecule has 1 aliphatic rings. The average Bonchev–Trinajstić information content (AvgIpc) is 3.43. The Kier molecular flexibility index (Phi) is 5.92. The number of rotatable bonds is 7. The number of hydrogen-bond acceptors (Lipinski definition) is 2. The maximum atomic E-state index is 12.8. The minimum atomic E-state index is -0.272. The summed E-state index contributed by atoms with van der Waals surface area (Å²) in [6.45, 7) is 7.43. The fourth-order valence-corrected chi connectivity index (χ4v) is 2.76. The number of nitriles is 1. The maximum Gasteiger partial charge on any atom is 0.264 e. The van der Waals surface area contributed by atoms with Gasteiger partial charge < -0.3 is 4.90 Å². The molecule has 3 heteroatoms. The molecular formula is C21H22N2O. The van der Waals surface area contributed by atoms with Gasteiger partial charge in [-0.2, -0.15) is 5.26 Å². The molecule has 1 saturated carbocycles. The van der Waals surface area contributed by atoms with Crippen LogP contribution in [0.4, 0.5) is 0 Å². The van der Waals surface area contributed by atoms with E-state index in [1.54, 1.807) is 30.2 Å². The van der Waals surface area contributed by atoms with E-state index in [0.29, 0.717) is 11.5 Å². The maximum absolute atomic E-state index is 12.8.